The first-order valence-electron chi connectivity index (χ1n) is 7.31. The first-order valence-corrected chi connectivity index (χ1v) is 7.94. The Balaban J connectivity index is 1.89. The molecule has 3 rings (SSSR count). The van der Waals surface area contributed by atoms with Crippen molar-refractivity contribution in [3.05, 3.63) is 35.4 Å². The number of hydrogen-bond acceptors (Lipinski definition) is 3. The number of rotatable bonds is 3. The van der Waals surface area contributed by atoms with Crippen molar-refractivity contribution >= 4 is 18.5 Å². The van der Waals surface area contributed by atoms with Crippen molar-refractivity contribution in [2.24, 2.45) is 5.41 Å². The lowest BCUT2D eigenvalue weighted by Gasteiger charge is -2.39. The van der Waals surface area contributed by atoms with E-state index in [1.807, 2.05) is 0 Å². The molecule has 1 fully saturated rings. The molecule has 1 heterocycles. The van der Waals surface area contributed by atoms with Crippen LogP contribution >= 0.6 is 12.6 Å². The SMILES string of the molecule is O=C(CCS)NC1c2ccccc2CC12CCOCC2. The van der Waals surface area contributed by atoms with E-state index in [1.54, 1.807) is 0 Å². The highest BCUT2D eigenvalue weighted by molar-refractivity contribution is 7.80. The van der Waals surface area contributed by atoms with Crippen LogP contribution in [0.5, 0.6) is 0 Å². The molecule has 0 bridgehead atoms. The Morgan fingerprint density at radius 3 is 2.85 bits per heavy atom. The molecule has 1 aromatic carbocycles. The summed E-state index contributed by atoms with van der Waals surface area (Å²) in [5, 5.41) is 3.25. The summed E-state index contributed by atoms with van der Waals surface area (Å²) in [7, 11) is 0. The molecule has 108 valence electrons. The monoisotopic (exact) mass is 291 g/mol. The third kappa shape index (κ3) is 2.47. The number of carbonyl (C=O) groups excluding carboxylic acids is 1. The van der Waals surface area contributed by atoms with Gasteiger partial charge in [0, 0.05) is 25.0 Å². The van der Waals surface area contributed by atoms with Crippen molar-refractivity contribution in [1.29, 1.82) is 0 Å². The van der Waals surface area contributed by atoms with Crippen molar-refractivity contribution in [2.75, 3.05) is 19.0 Å². The summed E-state index contributed by atoms with van der Waals surface area (Å²) in [5.41, 5.74) is 2.82. The largest absolute Gasteiger partial charge is 0.381 e. The molecule has 1 atom stereocenters. The minimum atomic E-state index is 0.104. The van der Waals surface area contributed by atoms with E-state index in [9.17, 15) is 4.79 Å². The van der Waals surface area contributed by atoms with Gasteiger partial charge in [-0.1, -0.05) is 24.3 Å². The molecule has 1 N–H and O–H groups in total. The van der Waals surface area contributed by atoms with Gasteiger partial charge in [0.2, 0.25) is 5.91 Å². The fraction of sp³-hybridized carbons (Fsp3) is 0.562. The second-order valence-corrected chi connectivity index (χ2v) is 6.27. The molecule has 1 aliphatic carbocycles. The topological polar surface area (TPSA) is 38.3 Å². The summed E-state index contributed by atoms with van der Waals surface area (Å²) in [6.07, 6.45) is 3.58. The lowest BCUT2D eigenvalue weighted by Crippen LogP contribution is -2.42. The molecule has 1 aliphatic heterocycles. The van der Waals surface area contributed by atoms with Gasteiger partial charge in [0.15, 0.2) is 0 Å². The van der Waals surface area contributed by atoms with Gasteiger partial charge in [-0.3, -0.25) is 4.79 Å². The highest BCUT2D eigenvalue weighted by atomic mass is 32.1. The second-order valence-electron chi connectivity index (χ2n) is 5.82. The maximum absolute atomic E-state index is 12.0. The van der Waals surface area contributed by atoms with Crippen LogP contribution in [0.1, 0.15) is 36.4 Å². The Morgan fingerprint density at radius 2 is 2.10 bits per heavy atom. The summed E-state index contributed by atoms with van der Waals surface area (Å²) in [4.78, 5) is 12.0. The Morgan fingerprint density at radius 1 is 1.35 bits per heavy atom. The maximum atomic E-state index is 12.0. The zero-order valence-corrected chi connectivity index (χ0v) is 12.5. The van der Waals surface area contributed by atoms with E-state index in [-0.39, 0.29) is 17.4 Å². The van der Waals surface area contributed by atoms with Gasteiger partial charge in [-0.25, -0.2) is 0 Å². The Labute approximate surface area is 125 Å². The first-order chi connectivity index (χ1) is 9.75. The molecular weight excluding hydrogens is 270 g/mol. The van der Waals surface area contributed by atoms with Crippen LogP contribution in [-0.4, -0.2) is 24.9 Å². The number of hydrogen-bond donors (Lipinski definition) is 2. The third-order valence-electron chi connectivity index (χ3n) is 4.65. The van der Waals surface area contributed by atoms with E-state index in [0.29, 0.717) is 12.2 Å². The molecule has 4 heteroatoms. The van der Waals surface area contributed by atoms with Crippen molar-refractivity contribution in [3.63, 3.8) is 0 Å². The Kier molecular flexibility index (Phi) is 4.03. The lowest BCUT2D eigenvalue weighted by atomic mass is 9.74. The van der Waals surface area contributed by atoms with Crippen LogP contribution in [0.15, 0.2) is 24.3 Å². The van der Waals surface area contributed by atoms with E-state index < -0.39 is 0 Å². The van der Waals surface area contributed by atoms with Crippen LogP contribution in [0, 0.1) is 5.41 Å². The number of carbonyl (C=O) groups is 1. The molecule has 2 aliphatic rings. The number of fused-ring (bicyclic) bond motifs is 1. The van der Waals surface area contributed by atoms with Gasteiger partial charge < -0.3 is 10.1 Å². The summed E-state index contributed by atoms with van der Waals surface area (Å²) in [6, 6.07) is 8.64. The van der Waals surface area contributed by atoms with E-state index >= 15 is 0 Å². The van der Waals surface area contributed by atoms with E-state index in [1.165, 1.54) is 11.1 Å². The minimum absolute atomic E-state index is 0.104. The Bertz CT molecular complexity index is 497. The minimum Gasteiger partial charge on any atom is -0.381 e. The fourth-order valence-corrected chi connectivity index (χ4v) is 3.80. The van der Waals surface area contributed by atoms with Crippen LogP contribution in [0.4, 0.5) is 0 Å². The highest BCUT2D eigenvalue weighted by Crippen LogP contribution is 2.51. The van der Waals surface area contributed by atoms with Crippen molar-refractivity contribution < 1.29 is 9.53 Å². The van der Waals surface area contributed by atoms with Crippen LogP contribution in [0.25, 0.3) is 0 Å². The average molecular weight is 291 g/mol. The van der Waals surface area contributed by atoms with Crippen LogP contribution < -0.4 is 5.32 Å². The molecule has 1 amide bonds. The van der Waals surface area contributed by atoms with E-state index in [2.05, 4.69) is 42.2 Å². The highest BCUT2D eigenvalue weighted by Gasteiger charge is 2.47. The van der Waals surface area contributed by atoms with Gasteiger partial charge in [-0.05, 0) is 36.1 Å². The van der Waals surface area contributed by atoms with Crippen LogP contribution in [0.3, 0.4) is 0 Å². The zero-order valence-electron chi connectivity index (χ0n) is 11.6. The van der Waals surface area contributed by atoms with E-state index in [4.69, 9.17) is 4.74 Å². The van der Waals surface area contributed by atoms with Crippen molar-refractivity contribution in [2.45, 2.75) is 31.7 Å². The summed E-state index contributed by atoms with van der Waals surface area (Å²) < 4.78 is 5.53. The van der Waals surface area contributed by atoms with Gasteiger partial charge in [0.1, 0.15) is 0 Å². The molecule has 0 radical (unpaired) electrons. The predicted octanol–water partition coefficient (Wildman–Crippen LogP) is 2.52. The number of nitrogens with one attached hydrogen (secondary N) is 1. The maximum Gasteiger partial charge on any atom is 0.221 e. The quantitative estimate of drug-likeness (QED) is 0.840. The molecule has 3 nitrogen and oxygen atoms in total. The van der Waals surface area contributed by atoms with Crippen molar-refractivity contribution in [1.82, 2.24) is 5.32 Å². The molecule has 1 saturated heterocycles. The summed E-state index contributed by atoms with van der Waals surface area (Å²) in [5.74, 6) is 0.698. The second kappa shape index (κ2) is 5.78. The number of thiol groups is 1. The average Bonchev–Trinajstić information content (AvgIpc) is 2.74. The Hall–Kier alpha value is -1.00. The number of amides is 1. The normalized spacial score (nSPS) is 23.6. The van der Waals surface area contributed by atoms with Crippen LogP contribution in [-0.2, 0) is 16.0 Å². The zero-order chi connectivity index (χ0) is 14.0. The number of benzene rings is 1. The van der Waals surface area contributed by atoms with Gasteiger partial charge in [-0.15, -0.1) is 0 Å². The molecule has 1 aromatic rings. The van der Waals surface area contributed by atoms with E-state index in [0.717, 1.165) is 32.5 Å². The smallest absolute Gasteiger partial charge is 0.221 e. The fourth-order valence-electron chi connectivity index (χ4n) is 3.60. The predicted molar refractivity (Wildman–Crippen MR) is 82.0 cm³/mol. The molecule has 1 unspecified atom stereocenters. The van der Waals surface area contributed by atoms with Crippen molar-refractivity contribution in [3.8, 4) is 0 Å². The molecule has 20 heavy (non-hydrogen) atoms. The lowest BCUT2D eigenvalue weighted by molar-refractivity contribution is -0.123. The van der Waals surface area contributed by atoms with Gasteiger partial charge in [0.05, 0.1) is 6.04 Å². The standard InChI is InChI=1S/C16H21NO2S/c18-14(5-10-20)17-15-13-4-2-1-3-12(13)11-16(15)6-8-19-9-7-16/h1-4,15,20H,5-11H2,(H,17,18). The van der Waals surface area contributed by atoms with Gasteiger partial charge in [-0.2, -0.15) is 12.6 Å². The first kappa shape index (κ1) is 14.0. The molecular formula is C16H21NO2S. The summed E-state index contributed by atoms with van der Waals surface area (Å²) >= 11 is 4.15. The number of ether oxygens (including phenoxy) is 1. The molecule has 0 aromatic heterocycles. The third-order valence-corrected chi connectivity index (χ3v) is 4.88. The summed E-state index contributed by atoms with van der Waals surface area (Å²) in [6.45, 7) is 1.60. The van der Waals surface area contributed by atoms with Gasteiger partial charge in [0.25, 0.3) is 0 Å². The van der Waals surface area contributed by atoms with Crippen LogP contribution in [0.2, 0.25) is 0 Å². The van der Waals surface area contributed by atoms with Gasteiger partial charge >= 0.3 is 0 Å². The molecule has 1 spiro atoms. The molecule has 0 saturated carbocycles.